The lowest BCUT2D eigenvalue weighted by Crippen LogP contribution is -2.49. The number of benzene rings is 1. The molecule has 1 aliphatic heterocycles. The zero-order valence-corrected chi connectivity index (χ0v) is 14.4. The molecule has 4 heteroatoms. The molecule has 1 amide bonds. The number of aliphatic hydroxyl groups excluding tert-OH is 1. The Morgan fingerprint density at radius 1 is 1.26 bits per heavy atom. The number of rotatable bonds is 7. The number of nitrogens with one attached hydrogen (secondary N) is 1. The van der Waals surface area contributed by atoms with E-state index in [2.05, 4.69) is 31.3 Å². The molecule has 1 aromatic rings. The maximum Gasteiger partial charge on any atom is 0.239 e. The summed E-state index contributed by atoms with van der Waals surface area (Å²) in [5, 5.41) is 12.7. The highest BCUT2D eigenvalue weighted by Crippen LogP contribution is 2.18. The van der Waals surface area contributed by atoms with Crippen LogP contribution in [0.5, 0.6) is 0 Å². The van der Waals surface area contributed by atoms with Gasteiger partial charge in [0.1, 0.15) is 0 Å². The Morgan fingerprint density at radius 3 is 2.48 bits per heavy atom. The second-order valence-electron chi connectivity index (χ2n) is 7.00. The van der Waals surface area contributed by atoms with Gasteiger partial charge in [-0.05, 0) is 36.7 Å². The molecule has 1 saturated heterocycles. The van der Waals surface area contributed by atoms with E-state index in [4.69, 9.17) is 0 Å². The number of hydrogen-bond acceptors (Lipinski definition) is 3. The predicted octanol–water partition coefficient (Wildman–Crippen LogP) is 2.42. The largest absolute Gasteiger partial charge is 0.396 e. The molecule has 1 fully saturated rings. The molecule has 0 aromatic heterocycles. The molecule has 2 N–H and O–H groups in total. The van der Waals surface area contributed by atoms with Gasteiger partial charge in [-0.2, -0.15) is 0 Å². The van der Waals surface area contributed by atoms with E-state index in [1.807, 2.05) is 23.1 Å². The van der Waals surface area contributed by atoms with Gasteiger partial charge in [-0.15, -0.1) is 0 Å². The van der Waals surface area contributed by atoms with Crippen LogP contribution in [0.3, 0.4) is 0 Å². The molecular weight excluding hydrogens is 288 g/mol. The van der Waals surface area contributed by atoms with Crippen LogP contribution in [0.4, 0.5) is 0 Å². The Kier molecular flexibility index (Phi) is 7.06. The van der Waals surface area contributed by atoms with Crippen LogP contribution in [-0.2, 0) is 11.3 Å². The highest BCUT2D eigenvalue weighted by Gasteiger charge is 2.28. The van der Waals surface area contributed by atoms with Crippen LogP contribution in [0.15, 0.2) is 30.3 Å². The third-order valence-electron chi connectivity index (χ3n) is 4.59. The summed E-state index contributed by atoms with van der Waals surface area (Å²) in [7, 11) is 0. The molecule has 2 rings (SSSR count). The summed E-state index contributed by atoms with van der Waals surface area (Å²) in [6, 6.07) is 10.1. The standard InChI is InChI=1S/C19H30N2O2/c1-15(2)12-18(20-13-16-6-4-3-5-7-16)19(23)21-10-8-17(14-22)9-11-21/h3-7,15,17-18,20,22H,8-14H2,1-2H3. The fraction of sp³-hybridized carbons (Fsp3) is 0.632. The highest BCUT2D eigenvalue weighted by atomic mass is 16.3. The number of likely N-dealkylation sites (tertiary alicyclic amines) is 1. The van der Waals surface area contributed by atoms with Gasteiger partial charge < -0.3 is 15.3 Å². The first-order valence-corrected chi connectivity index (χ1v) is 8.77. The summed E-state index contributed by atoms with van der Waals surface area (Å²) < 4.78 is 0. The lowest BCUT2D eigenvalue weighted by atomic mass is 9.96. The molecule has 0 saturated carbocycles. The molecule has 1 aliphatic rings. The predicted molar refractivity (Wildman–Crippen MR) is 92.9 cm³/mol. The van der Waals surface area contributed by atoms with Crippen molar-refractivity contribution >= 4 is 5.91 Å². The van der Waals surface area contributed by atoms with E-state index in [1.54, 1.807) is 0 Å². The molecule has 1 unspecified atom stereocenters. The van der Waals surface area contributed by atoms with Gasteiger partial charge in [0, 0.05) is 26.2 Å². The zero-order chi connectivity index (χ0) is 16.7. The van der Waals surface area contributed by atoms with Crippen LogP contribution in [0.2, 0.25) is 0 Å². The third kappa shape index (κ3) is 5.63. The van der Waals surface area contributed by atoms with Crippen LogP contribution < -0.4 is 5.32 Å². The number of amides is 1. The summed E-state index contributed by atoms with van der Waals surface area (Å²) in [5.41, 5.74) is 1.20. The maximum absolute atomic E-state index is 12.9. The number of nitrogens with zero attached hydrogens (tertiary/aromatic N) is 1. The van der Waals surface area contributed by atoms with E-state index >= 15 is 0 Å². The van der Waals surface area contributed by atoms with Crippen LogP contribution in [0, 0.1) is 11.8 Å². The lowest BCUT2D eigenvalue weighted by Gasteiger charge is -2.34. The van der Waals surface area contributed by atoms with Gasteiger partial charge in [0.25, 0.3) is 0 Å². The van der Waals surface area contributed by atoms with E-state index in [1.165, 1.54) is 5.56 Å². The summed E-state index contributed by atoms with van der Waals surface area (Å²) >= 11 is 0. The van der Waals surface area contributed by atoms with E-state index in [-0.39, 0.29) is 18.6 Å². The van der Waals surface area contributed by atoms with Gasteiger partial charge in [-0.3, -0.25) is 4.79 Å². The third-order valence-corrected chi connectivity index (χ3v) is 4.59. The molecule has 1 heterocycles. The monoisotopic (exact) mass is 318 g/mol. The van der Waals surface area contributed by atoms with Gasteiger partial charge in [-0.25, -0.2) is 0 Å². The van der Waals surface area contributed by atoms with Crippen molar-refractivity contribution in [3.05, 3.63) is 35.9 Å². The van der Waals surface area contributed by atoms with Gasteiger partial charge in [0.2, 0.25) is 5.91 Å². The first kappa shape index (κ1) is 18.0. The molecule has 0 radical (unpaired) electrons. The number of aliphatic hydroxyl groups is 1. The van der Waals surface area contributed by atoms with Crippen LogP contribution in [0.1, 0.15) is 38.7 Å². The van der Waals surface area contributed by atoms with Gasteiger partial charge in [-0.1, -0.05) is 44.2 Å². The van der Waals surface area contributed by atoms with Gasteiger partial charge in [0.15, 0.2) is 0 Å². The molecule has 0 aliphatic carbocycles. The summed E-state index contributed by atoms with van der Waals surface area (Å²) in [6.07, 6.45) is 2.68. The fourth-order valence-corrected chi connectivity index (χ4v) is 3.14. The minimum absolute atomic E-state index is 0.124. The van der Waals surface area contributed by atoms with Crippen molar-refractivity contribution < 1.29 is 9.90 Å². The van der Waals surface area contributed by atoms with Crippen molar-refractivity contribution in [3.63, 3.8) is 0 Å². The van der Waals surface area contributed by atoms with E-state index in [9.17, 15) is 9.90 Å². The second-order valence-corrected chi connectivity index (χ2v) is 7.00. The quantitative estimate of drug-likeness (QED) is 0.812. The highest BCUT2D eigenvalue weighted by molar-refractivity contribution is 5.82. The second kappa shape index (κ2) is 9.04. The van der Waals surface area contributed by atoms with Crippen LogP contribution in [-0.4, -0.2) is 41.7 Å². The zero-order valence-electron chi connectivity index (χ0n) is 14.4. The Labute approximate surface area is 139 Å². The Bertz CT molecular complexity index is 468. The average molecular weight is 318 g/mol. The van der Waals surface area contributed by atoms with Crippen LogP contribution >= 0.6 is 0 Å². The molecule has 4 nitrogen and oxygen atoms in total. The Hall–Kier alpha value is -1.39. The normalized spacial score (nSPS) is 17.5. The van der Waals surface area contributed by atoms with Crippen molar-refractivity contribution in [3.8, 4) is 0 Å². The van der Waals surface area contributed by atoms with E-state index in [0.717, 1.165) is 38.9 Å². The van der Waals surface area contributed by atoms with E-state index < -0.39 is 0 Å². The Morgan fingerprint density at radius 2 is 1.91 bits per heavy atom. The minimum atomic E-state index is -0.124. The summed E-state index contributed by atoms with van der Waals surface area (Å²) in [6.45, 7) is 6.81. The average Bonchev–Trinajstić information content (AvgIpc) is 2.58. The molecular formula is C19H30N2O2. The van der Waals surface area contributed by atoms with Crippen molar-refractivity contribution in [1.29, 1.82) is 0 Å². The minimum Gasteiger partial charge on any atom is -0.396 e. The molecule has 0 bridgehead atoms. The van der Waals surface area contributed by atoms with E-state index in [0.29, 0.717) is 11.8 Å². The van der Waals surface area contributed by atoms with Gasteiger partial charge >= 0.3 is 0 Å². The lowest BCUT2D eigenvalue weighted by molar-refractivity contribution is -0.135. The SMILES string of the molecule is CC(C)CC(NCc1ccccc1)C(=O)N1CCC(CO)CC1. The van der Waals surface area contributed by atoms with Crippen molar-refractivity contribution in [2.75, 3.05) is 19.7 Å². The maximum atomic E-state index is 12.9. The molecule has 1 aromatic carbocycles. The summed E-state index contributed by atoms with van der Waals surface area (Å²) in [4.78, 5) is 14.8. The molecule has 23 heavy (non-hydrogen) atoms. The molecule has 128 valence electrons. The summed E-state index contributed by atoms with van der Waals surface area (Å²) in [5.74, 6) is 1.05. The molecule has 1 atom stereocenters. The van der Waals surface area contributed by atoms with Crippen molar-refractivity contribution in [2.24, 2.45) is 11.8 Å². The van der Waals surface area contributed by atoms with Gasteiger partial charge in [0.05, 0.1) is 6.04 Å². The number of hydrogen-bond donors (Lipinski definition) is 2. The number of piperidine rings is 1. The number of carbonyl (C=O) groups is 1. The smallest absolute Gasteiger partial charge is 0.239 e. The molecule has 0 spiro atoms. The number of carbonyl (C=O) groups excluding carboxylic acids is 1. The topological polar surface area (TPSA) is 52.6 Å². The van der Waals surface area contributed by atoms with Crippen LogP contribution in [0.25, 0.3) is 0 Å². The first-order valence-electron chi connectivity index (χ1n) is 8.77. The Balaban J connectivity index is 1.92. The van der Waals surface area contributed by atoms with Crippen molar-refractivity contribution in [2.45, 2.75) is 45.7 Å². The van der Waals surface area contributed by atoms with Crippen molar-refractivity contribution in [1.82, 2.24) is 10.2 Å². The first-order chi connectivity index (χ1) is 11.1. The fourth-order valence-electron chi connectivity index (χ4n) is 3.14.